The number of amides is 1. The molecule has 0 bridgehead atoms. The zero-order valence-corrected chi connectivity index (χ0v) is 15.3. The van der Waals surface area contributed by atoms with E-state index in [1.165, 1.54) is 6.33 Å². The van der Waals surface area contributed by atoms with Crippen LogP contribution in [0, 0.1) is 19.8 Å². The number of aromatic nitrogens is 3. The summed E-state index contributed by atoms with van der Waals surface area (Å²) in [5.74, 6) is 1.28. The van der Waals surface area contributed by atoms with Crippen LogP contribution in [0.4, 0.5) is 0 Å². The van der Waals surface area contributed by atoms with Crippen LogP contribution in [0.25, 0.3) is 11.0 Å². The highest BCUT2D eigenvalue weighted by Gasteiger charge is 2.24. The first-order chi connectivity index (χ1) is 11.9. The average Bonchev–Trinajstić information content (AvgIpc) is 3.10. The zero-order chi connectivity index (χ0) is 18.1. The molecule has 1 N–H and O–H groups in total. The smallest absolute Gasteiger partial charge is 0.287 e. The molecule has 0 fully saturated rings. The molecule has 0 saturated carbocycles. The third-order valence-corrected chi connectivity index (χ3v) is 4.37. The van der Waals surface area contributed by atoms with Gasteiger partial charge in [-0.15, -0.1) is 0 Å². The Bertz CT molecular complexity index is 907. The van der Waals surface area contributed by atoms with Crippen molar-refractivity contribution in [2.24, 2.45) is 13.0 Å². The number of benzene rings is 1. The highest BCUT2D eigenvalue weighted by molar-refractivity contribution is 5.99. The minimum absolute atomic E-state index is 0.214. The molecule has 2 aromatic heterocycles. The second-order valence-electron chi connectivity index (χ2n) is 6.95. The van der Waals surface area contributed by atoms with Crippen molar-refractivity contribution in [3.05, 3.63) is 47.2 Å². The summed E-state index contributed by atoms with van der Waals surface area (Å²) in [4.78, 5) is 17.2. The van der Waals surface area contributed by atoms with Gasteiger partial charge in [-0.2, -0.15) is 5.10 Å². The number of furan rings is 1. The third-order valence-electron chi connectivity index (χ3n) is 4.37. The van der Waals surface area contributed by atoms with Crippen molar-refractivity contribution in [1.29, 1.82) is 0 Å². The van der Waals surface area contributed by atoms with Gasteiger partial charge in [0.15, 0.2) is 5.76 Å². The van der Waals surface area contributed by atoms with Gasteiger partial charge in [-0.3, -0.25) is 9.48 Å². The van der Waals surface area contributed by atoms with Crippen molar-refractivity contribution in [1.82, 2.24) is 20.1 Å². The Morgan fingerprint density at radius 2 is 2.08 bits per heavy atom. The van der Waals surface area contributed by atoms with E-state index in [2.05, 4.69) is 29.2 Å². The zero-order valence-electron chi connectivity index (χ0n) is 15.3. The number of nitrogens with one attached hydrogen (secondary N) is 1. The lowest BCUT2D eigenvalue weighted by Crippen LogP contribution is -2.31. The quantitative estimate of drug-likeness (QED) is 0.769. The molecule has 3 rings (SSSR count). The lowest BCUT2D eigenvalue weighted by Gasteiger charge is -2.19. The fraction of sp³-hybridized carbons (Fsp3) is 0.421. The molecule has 0 spiro atoms. The number of aryl methyl sites for hydroxylation is 3. The van der Waals surface area contributed by atoms with Crippen molar-refractivity contribution in [3.8, 4) is 0 Å². The lowest BCUT2D eigenvalue weighted by molar-refractivity contribution is 0.0902. The van der Waals surface area contributed by atoms with Gasteiger partial charge < -0.3 is 9.73 Å². The van der Waals surface area contributed by atoms with Crippen LogP contribution in [0.3, 0.4) is 0 Å². The summed E-state index contributed by atoms with van der Waals surface area (Å²) in [6.45, 7) is 8.17. The minimum atomic E-state index is -0.222. The molecule has 132 valence electrons. The average molecular weight is 340 g/mol. The molecule has 0 aliphatic heterocycles. The van der Waals surface area contributed by atoms with Gasteiger partial charge in [-0.25, -0.2) is 4.98 Å². The molecule has 0 aliphatic rings. The van der Waals surface area contributed by atoms with Gasteiger partial charge in [-0.1, -0.05) is 25.5 Å². The van der Waals surface area contributed by atoms with Crippen LogP contribution in [-0.4, -0.2) is 20.7 Å². The third kappa shape index (κ3) is 3.43. The maximum atomic E-state index is 12.9. The maximum absolute atomic E-state index is 12.9. The Balaban J connectivity index is 1.91. The topological polar surface area (TPSA) is 73.0 Å². The van der Waals surface area contributed by atoms with Gasteiger partial charge >= 0.3 is 0 Å². The van der Waals surface area contributed by atoms with Crippen LogP contribution >= 0.6 is 0 Å². The molecule has 1 unspecified atom stereocenters. The summed E-state index contributed by atoms with van der Waals surface area (Å²) in [7, 11) is 1.83. The molecule has 25 heavy (non-hydrogen) atoms. The molecular formula is C19H24N4O2. The lowest BCUT2D eigenvalue weighted by atomic mass is 10.0. The number of nitrogens with zero attached hydrogens (tertiary/aromatic N) is 3. The van der Waals surface area contributed by atoms with E-state index in [-0.39, 0.29) is 11.9 Å². The Labute approximate surface area is 147 Å². The van der Waals surface area contributed by atoms with E-state index in [0.29, 0.717) is 11.7 Å². The second kappa shape index (κ2) is 6.70. The van der Waals surface area contributed by atoms with E-state index >= 15 is 0 Å². The van der Waals surface area contributed by atoms with Crippen molar-refractivity contribution >= 4 is 16.9 Å². The van der Waals surface area contributed by atoms with Gasteiger partial charge in [0.1, 0.15) is 17.7 Å². The molecule has 0 radical (unpaired) electrons. The second-order valence-corrected chi connectivity index (χ2v) is 6.95. The first-order valence-electron chi connectivity index (χ1n) is 8.51. The van der Waals surface area contributed by atoms with Gasteiger partial charge in [0.25, 0.3) is 5.91 Å². The Hall–Kier alpha value is -2.63. The molecule has 0 saturated heterocycles. The highest BCUT2D eigenvalue weighted by atomic mass is 16.3. The monoisotopic (exact) mass is 340 g/mol. The first kappa shape index (κ1) is 17.2. The number of fused-ring (bicyclic) bond motifs is 1. The van der Waals surface area contributed by atoms with E-state index in [0.717, 1.165) is 34.3 Å². The molecule has 2 heterocycles. The molecule has 6 nitrogen and oxygen atoms in total. The summed E-state index contributed by atoms with van der Waals surface area (Å²) in [6, 6.07) is 5.71. The van der Waals surface area contributed by atoms with E-state index < -0.39 is 0 Å². The number of rotatable bonds is 5. The van der Waals surface area contributed by atoms with Crippen molar-refractivity contribution < 1.29 is 9.21 Å². The van der Waals surface area contributed by atoms with Crippen molar-refractivity contribution in [2.75, 3.05) is 0 Å². The van der Waals surface area contributed by atoms with Gasteiger partial charge in [0.05, 0.1) is 6.04 Å². The molecule has 1 aromatic carbocycles. The van der Waals surface area contributed by atoms with Gasteiger partial charge in [0, 0.05) is 18.0 Å². The fourth-order valence-corrected chi connectivity index (χ4v) is 3.10. The summed E-state index contributed by atoms with van der Waals surface area (Å²) in [6.07, 6.45) is 2.28. The predicted octanol–water partition coefficient (Wildman–Crippen LogP) is 3.70. The van der Waals surface area contributed by atoms with E-state index in [9.17, 15) is 4.79 Å². The number of hydrogen-bond acceptors (Lipinski definition) is 4. The van der Waals surface area contributed by atoms with E-state index in [1.54, 1.807) is 4.68 Å². The normalized spacial score (nSPS) is 12.7. The van der Waals surface area contributed by atoms with Crippen LogP contribution < -0.4 is 5.32 Å². The van der Waals surface area contributed by atoms with E-state index in [4.69, 9.17) is 4.42 Å². The largest absolute Gasteiger partial charge is 0.451 e. The van der Waals surface area contributed by atoms with Crippen molar-refractivity contribution in [2.45, 2.75) is 40.2 Å². The predicted molar refractivity (Wildman–Crippen MR) is 96.4 cm³/mol. The summed E-state index contributed by atoms with van der Waals surface area (Å²) >= 11 is 0. The van der Waals surface area contributed by atoms with Crippen LogP contribution in [0.1, 0.15) is 53.8 Å². The first-order valence-corrected chi connectivity index (χ1v) is 8.51. The fourth-order valence-electron chi connectivity index (χ4n) is 3.10. The van der Waals surface area contributed by atoms with Crippen LogP contribution in [0.2, 0.25) is 0 Å². The van der Waals surface area contributed by atoms with E-state index in [1.807, 2.05) is 39.1 Å². The molecule has 0 aliphatic carbocycles. The molecule has 1 amide bonds. The maximum Gasteiger partial charge on any atom is 0.287 e. The minimum Gasteiger partial charge on any atom is -0.451 e. The number of hydrogen-bond donors (Lipinski definition) is 1. The van der Waals surface area contributed by atoms with Gasteiger partial charge in [0.2, 0.25) is 0 Å². The SMILES string of the molecule is Cc1ccc2oc(C(=O)NC(CC(C)C)c3ncnn3C)c(C)c2c1. The Morgan fingerprint density at radius 1 is 1.32 bits per heavy atom. The molecule has 3 aromatic rings. The summed E-state index contributed by atoms with van der Waals surface area (Å²) < 4.78 is 7.51. The van der Waals surface area contributed by atoms with Gasteiger partial charge in [-0.05, 0) is 38.3 Å². The summed E-state index contributed by atoms with van der Waals surface area (Å²) in [5.41, 5.74) is 2.73. The van der Waals surface area contributed by atoms with Crippen LogP contribution in [0.15, 0.2) is 28.9 Å². The Morgan fingerprint density at radius 3 is 2.72 bits per heavy atom. The van der Waals surface area contributed by atoms with Crippen LogP contribution in [0.5, 0.6) is 0 Å². The standard InChI is InChI=1S/C19H24N4O2/c1-11(2)8-15(18-20-10-21-23(18)5)22-19(24)17-13(4)14-9-12(3)6-7-16(14)25-17/h6-7,9-11,15H,8H2,1-5H3,(H,22,24). The molecule has 1 atom stereocenters. The number of carbonyl (C=O) groups excluding carboxylic acids is 1. The van der Waals surface area contributed by atoms with Crippen molar-refractivity contribution in [3.63, 3.8) is 0 Å². The molecule has 6 heteroatoms. The molecular weight excluding hydrogens is 316 g/mol. The summed E-state index contributed by atoms with van der Waals surface area (Å²) in [5, 5.41) is 8.16. The Kier molecular flexibility index (Phi) is 4.61. The number of carbonyl (C=O) groups is 1. The highest BCUT2D eigenvalue weighted by Crippen LogP contribution is 2.27. The van der Waals surface area contributed by atoms with Crippen LogP contribution in [-0.2, 0) is 7.05 Å².